The minimum atomic E-state index is -5.06. The predicted molar refractivity (Wildman–Crippen MR) is 117 cm³/mol. The van der Waals surface area contributed by atoms with E-state index in [1.807, 2.05) is 0 Å². The Morgan fingerprint density at radius 3 is 2.53 bits per heavy atom. The summed E-state index contributed by atoms with van der Waals surface area (Å²) < 4.78 is 60.5. The fourth-order valence-corrected chi connectivity index (χ4v) is 3.35. The van der Waals surface area contributed by atoms with Crippen LogP contribution in [-0.4, -0.2) is 24.3 Å². The summed E-state index contributed by atoms with van der Waals surface area (Å²) in [5.41, 5.74) is -3.32. The minimum absolute atomic E-state index is 0.00956. The fraction of sp³-hybridized carbons (Fsp3) is 0.0909. The summed E-state index contributed by atoms with van der Waals surface area (Å²) in [6.07, 6.45) is -2.13. The number of nitrogens with zero attached hydrogens (tertiary/aromatic N) is 6. The number of pyridine rings is 1. The number of aromatic nitrogens is 5. The smallest absolute Gasteiger partial charge is 0.437 e. The number of rotatable bonds is 5. The third-order valence-electron chi connectivity index (χ3n) is 4.72. The first kappa shape index (κ1) is 24.6. The minimum Gasteiger partial charge on any atom is -0.449 e. The van der Waals surface area contributed by atoms with Crippen molar-refractivity contribution in [1.29, 1.82) is 5.26 Å². The molecule has 9 nitrogen and oxygen atoms in total. The summed E-state index contributed by atoms with van der Waals surface area (Å²) in [5.74, 6) is -2.25. The molecule has 0 unspecified atom stereocenters. The number of nitriles is 1. The third kappa shape index (κ3) is 5.08. The Labute approximate surface area is 203 Å². The standard InChI is InChI=1S/C22H11ClF4N6O3/c23-14-5-12(8-28)6-15(7-14)36-18-19(22(25,26)27)30-10-32(21(18)35)11-33-20(34)16(3-4-31-33)13-1-2-17(24)29-9-13/h1-7,9-10H,11H2. The van der Waals surface area contributed by atoms with Crippen LogP contribution >= 0.6 is 11.6 Å². The van der Waals surface area contributed by atoms with Gasteiger partial charge in [0.15, 0.2) is 5.69 Å². The number of alkyl halides is 3. The number of hydrogen-bond acceptors (Lipinski definition) is 7. The van der Waals surface area contributed by atoms with Crippen LogP contribution in [0.4, 0.5) is 17.6 Å². The summed E-state index contributed by atoms with van der Waals surface area (Å²) in [6, 6.07) is 8.91. The van der Waals surface area contributed by atoms with Gasteiger partial charge in [-0.1, -0.05) is 11.6 Å². The Balaban J connectivity index is 1.78. The van der Waals surface area contributed by atoms with Crippen molar-refractivity contribution in [3.63, 3.8) is 0 Å². The van der Waals surface area contributed by atoms with Crippen LogP contribution in [0.25, 0.3) is 11.1 Å². The molecule has 0 aliphatic rings. The number of ether oxygens (including phenoxy) is 1. The SMILES string of the molecule is N#Cc1cc(Cl)cc(Oc2c(C(F)(F)F)ncn(Cn3nccc(-c4ccc(F)nc4)c3=O)c2=O)c1. The van der Waals surface area contributed by atoms with Gasteiger partial charge in [0.1, 0.15) is 12.4 Å². The second-order valence-electron chi connectivity index (χ2n) is 7.15. The highest BCUT2D eigenvalue weighted by Crippen LogP contribution is 2.35. The molecule has 4 aromatic rings. The highest BCUT2D eigenvalue weighted by Gasteiger charge is 2.39. The van der Waals surface area contributed by atoms with E-state index in [1.54, 1.807) is 6.07 Å². The molecule has 3 heterocycles. The predicted octanol–water partition coefficient (Wildman–Crippen LogP) is 3.84. The first-order valence-electron chi connectivity index (χ1n) is 9.80. The highest BCUT2D eigenvalue weighted by atomic mass is 35.5. The van der Waals surface area contributed by atoms with E-state index in [0.717, 1.165) is 29.1 Å². The summed E-state index contributed by atoms with van der Waals surface area (Å²) >= 11 is 5.87. The van der Waals surface area contributed by atoms with Crippen molar-refractivity contribution in [2.75, 3.05) is 0 Å². The topological polar surface area (TPSA) is 116 Å². The zero-order valence-corrected chi connectivity index (χ0v) is 18.5. The summed E-state index contributed by atoms with van der Waals surface area (Å²) in [6.45, 7) is -0.624. The Morgan fingerprint density at radius 2 is 1.86 bits per heavy atom. The van der Waals surface area contributed by atoms with Gasteiger partial charge in [-0.15, -0.1) is 0 Å². The first-order valence-corrected chi connectivity index (χ1v) is 10.2. The molecule has 0 aliphatic heterocycles. The molecule has 0 fully saturated rings. The van der Waals surface area contributed by atoms with Crippen molar-refractivity contribution >= 4 is 11.6 Å². The average Bonchev–Trinajstić information content (AvgIpc) is 2.82. The largest absolute Gasteiger partial charge is 0.449 e. The highest BCUT2D eigenvalue weighted by molar-refractivity contribution is 6.30. The van der Waals surface area contributed by atoms with Gasteiger partial charge in [0, 0.05) is 23.0 Å². The Hall–Kier alpha value is -4.57. The van der Waals surface area contributed by atoms with Crippen LogP contribution in [0.2, 0.25) is 5.02 Å². The molecule has 0 aliphatic carbocycles. The van der Waals surface area contributed by atoms with Crippen LogP contribution in [0.15, 0.2) is 64.7 Å². The molecule has 0 spiro atoms. The molecule has 0 atom stereocenters. The van der Waals surface area contributed by atoms with Crippen LogP contribution in [-0.2, 0) is 12.8 Å². The number of benzene rings is 1. The van der Waals surface area contributed by atoms with E-state index in [-0.39, 0.29) is 27.5 Å². The van der Waals surface area contributed by atoms with Crippen LogP contribution in [0, 0.1) is 17.3 Å². The number of hydrogen-bond donors (Lipinski definition) is 0. The summed E-state index contributed by atoms with van der Waals surface area (Å²) in [4.78, 5) is 32.6. The lowest BCUT2D eigenvalue weighted by Crippen LogP contribution is -2.33. The first-order chi connectivity index (χ1) is 17.1. The van der Waals surface area contributed by atoms with Gasteiger partial charge >= 0.3 is 6.18 Å². The Morgan fingerprint density at radius 1 is 1.08 bits per heavy atom. The van der Waals surface area contributed by atoms with Crippen molar-refractivity contribution in [2.24, 2.45) is 0 Å². The fourth-order valence-electron chi connectivity index (χ4n) is 3.12. The molecule has 0 radical (unpaired) electrons. The van der Waals surface area contributed by atoms with Gasteiger partial charge in [0.25, 0.3) is 11.1 Å². The Kier molecular flexibility index (Phi) is 6.54. The molecule has 4 rings (SSSR count). The summed E-state index contributed by atoms with van der Waals surface area (Å²) in [5, 5.41) is 12.9. The van der Waals surface area contributed by atoms with Gasteiger partial charge in [-0.3, -0.25) is 14.2 Å². The van der Waals surface area contributed by atoms with Gasteiger partial charge in [0.2, 0.25) is 11.7 Å². The van der Waals surface area contributed by atoms with Gasteiger partial charge in [-0.25, -0.2) is 14.6 Å². The van der Waals surface area contributed by atoms with E-state index >= 15 is 0 Å². The lowest BCUT2D eigenvalue weighted by Gasteiger charge is -2.15. The van der Waals surface area contributed by atoms with E-state index in [0.29, 0.717) is 10.9 Å². The molecule has 36 heavy (non-hydrogen) atoms. The second kappa shape index (κ2) is 9.59. The van der Waals surface area contributed by atoms with E-state index < -0.39 is 41.4 Å². The molecule has 0 saturated heterocycles. The molecule has 14 heteroatoms. The average molecular weight is 519 g/mol. The normalized spacial score (nSPS) is 11.2. The van der Waals surface area contributed by atoms with E-state index in [4.69, 9.17) is 21.6 Å². The molecular formula is C22H11ClF4N6O3. The van der Waals surface area contributed by atoms with E-state index in [9.17, 15) is 27.2 Å². The van der Waals surface area contributed by atoms with Crippen molar-refractivity contribution in [3.05, 3.63) is 98.1 Å². The van der Waals surface area contributed by atoms with Crippen LogP contribution < -0.4 is 15.9 Å². The molecule has 0 saturated carbocycles. The van der Waals surface area contributed by atoms with Crippen LogP contribution in [0.3, 0.4) is 0 Å². The quantitative estimate of drug-likeness (QED) is 0.291. The van der Waals surface area contributed by atoms with Gasteiger partial charge in [-0.2, -0.15) is 27.9 Å². The van der Waals surface area contributed by atoms with E-state index in [1.165, 1.54) is 24.4 Å². The molecule has 0 amide bonds. The maximum Gasteiger partial charge on any atom is 0.437 e. The molecule has 0 bridgehead atoms. The van der Waals surface area contributed by atoms with Crippen molar-refractivity contribution in [1.82, 2.24) is 24.3 Å². The third-order valence-corrected chi connectivity index (χ3v) is 4.94. The van der Waals surface area contributed by atoms with Crippen molar-refractivity contribution < 1.29 is 22.3 Å². The monoisotopic (exact) mass is 518 g/mol. The lowest BCUT2D eigenvalue weighted by atomic mass is 10.1. The molecule has 0 N–H and O–H groups in total. The molecule has 3 aromatic heterocycles. The van der Waals surface area contributed by atoms with E-state index in [2.05, 4.69) is 15.1 Å². The summed E-state index contributed by atoms with van der Waals surface area (Å²) in [7, 11) is 0. The zero-order valence-electron chi connectivity index (χ0n) is 17.7. The van der Waals surface area contributed by atoms with Gasteiger partial charge in [0.05, 0.1) is 23.5 Å². The van der Waals surface area contributed by atoms with Crippen LogP contribution in [0.5, 0.6) is 11.5 Å². The van der Waals surface area contributed by atoms with Crippen molar-refractivity contribution in [2.45, 2.75) is 12.8 Å². The second-order valence-corrected chi connectivity index (χ2v) is 7.58. The molecule has 1 aromatic carbocycles. The zero-order chi connectivity index (χ0) is 26.0. The van der Waals surface area contributed by atoms with Crippen molar-refractivity contribution in [3.8, 4) is 28.7 Å². The van der Waals surface area contributed by atoms with Crippen LogP contribution in [0.1, 0.15) is 11.3 Å². The number of halogens is 5. The molecular weight excluding hydrogens is 508 g/mol. The molecule has 182 valence electrons. The van der Waals surface area contributed by atoms with Gasteiger partial charge < -0.3 is 4.74 Å². The Bertz CT molecular complexity index is 1610. The lowest BCUT2D eigenvalue weighted by molar-refractivity contribution is -0.142. The maximum atomic E-state index is 13.6. The maximum absolute atomic E-state index is 13.6. The van der Waals surface area contributed by atoms with Gasteiger partial charge in [-0.05, 0) is 36.4 Å².